The highest BCUT2D eigenvalue weighted by Gasteiger charge is 2.31. The minimum absolute atomic E-state index is 0.167. The van der Waals surface area contributed by atoms with E-state index in [-0.39, 0.29) is 21.9 Å². The number of rotatable bonds is 3. The van der Waals surface area contributed by atoms with Crippen LogP contribution in [0, 0.1) is 12.8 Å². The van der Waals surface area contributed by atoms with Gasteiger partial charge in [-0.2, -0.15) is 4.31 Å². The number of piperidine rings is 1. The molecule has 0 aliphatic carbocycles. The molecule has 2 rings (SSSR count). The van der Waals surface area contributed by atoms with Crippen molar-refractivity contribution in [3.8, 4) is 0 Å². The number of halogens is 1. The molecule has 1 heterocycles. The van der Waals surface area contributed by atoms with Crippen LogP contribution in [0.15, 0.2) is 23.1 Å². The lowest BCUT2D eigenvalue weighted by Crippen LogP contribution is -2.40. The summed E-state index contributed by atoms with van der Waals surface area (Å²) >= 11 is 6.07. The van der Waals surface area contributed by atoms with E-state index in [0.29, 0.717) is 25.9 Å². The second kappa shape index (κ2) is 6.02. The summed E-state index contributed by atoms with van der Waals surface area (Å²) in [4.78, 5) is 0.167. The van der Waals surface area contributed by atoms with Gasteiger partial charge in [-0.05, 0) is 50.3 Å². The monoisotopic (exact) mass is 317 g/mol. The summed E-state index contributed by atoms with van der Waals surface area (Å²) in [6.07, 6.45) is 0.976. The molecule has 1 aromatic carbocycles. The Bertz CT molecular complexity index is 578. The van der Waals surface area contributed by atoms with E-state index >= 15 is 0 Å². The van der Waals surface area contributed by atoms with Crippen LogP contribution >= 0.6 is 11.6 Å². The van der Waals surface area contributed by atoms with Crippen molar-refractivity contribution in [1.82, 2.24) is 4.31 Å². The molecule has 0 amide bonds. The van der Waals surface area contributed by atoms with Crippen molar-refractivity contribution in [1.29, 1.82) is 0 Å². The molecule has 4 nitrogen and oxygen atoms in total. The van der Waals surface area contributed by atoms with Crippen molar-refractivity contribution in [3.63, 3.8) is 0 Å². The average molecular weight is 318 g/mol. The fraction of sp³-hybridized carbons (Fsp3) is 0.571. The predicted molar refractivity (Wildman–Crippen MR) is 79.4 cm³/mol. The maximum Gasteiger partial charge on any atom is 0.244 e. The standard InChI is InChI=1S/C14H20ClNO3S/c1-10-3-4-14(13(15)9-10)20(18,19)16-7-5-12(6-8-16)11(2)17/h3-4,9,11-12,17H,5-8H2,1-2H3. The van der Waals surface area contributed by atoms with Crippen molar-refractivity contribution in [2.75, 3.05) is 13.1 Å². The average Bonchev–Trinajstić information content (AvgIpc) is 2.38. The summed E-state index contributed by atoms with van der Waals surface area (Å²) in [6.45, 7) is 4.49. The van der Waals surface area contributed by atoms with Crippen molar-refractivity contribution < 1.29 is 13.5 Å². The highest BCUT2D eigenvalue weighted by molar-refractivity contribution is 7.89. The normalized spacial score (nSPS) is 20.0. The summed E-state index contributed by atoms with van der Waals surface area (Å²) in [5.74, 6) is 0.176. The van der Waals surface area contributed by atoms with Gasteiger partial charge in [0.25, 0.3) is 0 Å². The molecular formula is C14H20ClNO3S. The van der Waals surface area contributed by atoms with Gasteiger partial charge >= 0.3 is 0 Å². The van der Waals surface area contributed by atoms with Gasteiger partial charge in [0.15, 0.2) is 0 Å². The van der Waals surface area contributed by atoms with E-state index in [4.69, 9.17) is 11.6 Å². The van der Waals surface area contributed by atoms with Gasteiger partial charge < -0.3 is 5.11 Å². The van der Waals surface area contributed by atoms with Crippen molar-refractivity contribution in [2.45, 2.75) is 37.7 Å². The molecule has 0 radical (unpaired) electrons. The van der Waals surface area contributed by atoms with Gasteiger partial charge in [-0.25, -0.2) is 8.42 Å². The molecule has 1 aliphatic rings. The Hall–Kier alpha value is -0.620. The zero-order valence-corrected chi connectivity index (χ0v) is 13.3. The summed E-state index contributed by atoms with van der Waals surface area (Å²) in [5, 5.41) is 9.84. The third-order valence-electron chi connectivity index (χ3n) is 3.89. The van der Waals surface area contributed by atoms with Gasteiger partial charge in [0, 0.05) is 13.1 Å². The third kappa shape index (κ3) is 3.17. The van der Waals surface area contributed by atoms with Crippen LogP contribution in [-0.4, -0.2) is 37.0 Å². The van der Waals surface area contributed by atoms with Crippen LogP contribution in [0.25, 0.3) is 0 Å². The number of aryl methyl sites for hydroxylation is 1. The summed E-state index contributed by atoms with van der Waals surface area (Å²) in [5.41, 5.74) is 0.932. The van der Waals surface area contributed by atoms with E-state index in [1.807, 2.05) is 6.92 Å². The lowest BCUT2D eigenvalue weighted by Gasteiger charge is -2.32. The Morgan fingerprint density at radius 2 is 1.95 bits per heavy atom. The molecule has 0 bridgehead atoms. The smallest absolute Gasteiger partial charge is 0.244 e. The number of hydrogen-bond acceptors (Lipinski definition) is 3. The highest BCUT2D eigenvalue weighted by Crippen LogP contribution is 2.29. The molecule has 1 aromatic rings. The summed E-state index contributed by atoms with van der Waals surface area (Å²) in [6, 6.07) is 4.98. The molecule has 1 N–H and O–H groups in total. The van der Waals surface area contributed by atoms with E-state index in [1.165, 1.54) is 4.31 Å². The number of hydrogen-bond donors (Lipinski definition) is 1. The van der Waals surface area contributed by atoms with E-state index < -0.39 is 10.0 Å². The summed E-state index contributed by atoms with van der Waals surface area (Å²) < 4.78 is 26.6. The Morgan fingerprint density at radius 3 is 2.45 bits per heavy atom. The van der Waals surface area contributed by atoms with Crippen molar-refractivity contribution >= 4 is 21.6 Å². The Kier molecular flexibility index (Phi) is 4.74. The van der Waals surface area contributed by atoms with E-state index in [1.54, 1.807) is 25.1 Å². The zero-order chi connectivity index (χ0) is 14.9. The second-order valence-corrected chi connectivity index (χ2v) is 7.73. The van der Waals surface area contributed by atoms with E-state index in [9.17, 15) is 13.5 Å². The van der Waals surface area contributed by atoms with Gasteiger partial charge in [-0.3, -0.25) is 0 Å². The van der Waals surface area contributed by atoms with Gasteiger partial charge in [-0.15, -0.1) is 0 Å². The first-order chi connectivity index (χ1) is 9.32. The number of benzene rings is 1. The fourth-order valence-corrected chi connectivity index (χ4v) is 4.60. The minimum Gasteiger partial charge on any atom is -0.393 e. The lowest BCUT2D eigenvalue weighted by atomic mass is 9.93. The first-order valence-corrected chi connectivity index (χ1v) is 8.58. The van der Waals surface area contributed by atoms with Crippen LogP contribution in [0.2, 0.25) is 5.02 Å². The van der Waals surface area contributed by atoms with E-state index in [2.05, 4.69) is 0 Å². The third-order valence-corrected chi connectivity index (χ3v) is 6.27. The maximum atomic E-state index is 12.6. The molecule has 0 spiro atoms. The van der Waals surface area contributed by atoms with Crippen LogP contribution in [0.5, 0.6) is 0 Å². The van der Waals surface area contributed by atoms with E-state index in [0.717, 1.165) is 5.56 Å². The largest absolute Gasteiger partial charge is 0.393 e. The lowest BCUT2D eigenvalue weighted by molar-refractivity contribution is 0.0912. The topological polar surface area (TPSA) is 57.6 Å². The van der Waals surface area contributed by atoms with Crippen LogP contribution in [0.3, 0.4) is 0 Å². The van der Waals surface area contributed by atoms with Gasteiger partial charge in [0.2, 0.25) is 10.0 Å². The zero-order valence-electron chi connectivity index (χ0n) is 11.7. The Labute approximate surface area is 125 Å². The Balaban J connectivity index is 2.20. The van der Waals surface area contributed by atoms with Crippen LogP contribution in [0.1, 0.15) is 25.3 Å². The van der Waals surface area contributed by atoms with Crippen molar-refractivity contribution in [2.24, 2.45) is 5.92 Å². The molecule has 6 heteroatoms. The second-order valence-electron chi connectivity index (χ2n) is 5.42. The van der Waals surface area contributed by atoms with Crippen LogP contribution < -0.4 is 0 Å². The van der Waals surface area contributed by atoms with Crippen LogP contribution in [0.4, 0.5) is 0 Å². The molecular weight excluding hydrogens is 298 g/mol. The number of sulfonamides is 1. The maximum absolute atomic E-state index is 12.6. The minimum atomic E-state index is -3.54. The SMILES string of the molecule is Cc1ccc(S(=O)(=O)N2CCC(C(C)O)CC2)c(Cl)c1. The summed E-state index contributed by atoms with van der Waals surface area (Å²) in [7, 11) is -3.54. The predicted octanol–water partition coefficient (Wildman–Crippen LogP) is 2.43. The molecule has 0 saturated carbocycles. The molecule has 1 unspecified atom stereocenters. The molecule has 1 atom stereocenters. The first kappa shape index (κ1) is 15.8. The molecule has 1 fully saturated rings. The number of nitrogens with zero attached hydrogens (tertiary/aromatic N) is 1. The van der Waals surface area contributed by atoms with Gasteiger partial charge in [-0.1, -0.05) is 17.7 Å². The Morgan fingerprint density at radius 1 is 1.35 bits per heavy atom. The quantitative estimate of drug-likeness (QED) is 0.931. The molecule has 20 heavy (non-hydrogen) atoms. The van der Waals surface area contributed by atoms with Crippen LogP contribution in [-0.2, 0) is 10.0 Å². The molecule has 1 saturated heterocycles. The highest BCUT2D eigenvalue weighted by atomic mass is 35.5. The van der Waals surface area contributed by atoms with Crippen molar-refractivity contribution in [3.05, 3.63) is 28.8 Å². The van der Waals surface area contributed by atoms with Gasteiger partial charge in [0.1, 0.15) is 4.90 Å². The first-order valence-electron chi connectivity index (χ1n) is 6.76. The molecule has 1 aliphatic heterocycles. The van der Waals surface area contributed by atoms with Gasteiger partial charge in [0.05, 0.1) is 11.1 Å². The number of aliphatic hydroxyl groups is 1. The fourth-order valence-electron chi connectivity index (χ4n) is 2.55. The molecule has 112 valence electrons. The molecule has 0 aromatic heterocycles. The number of aliphatic hydroxyl groups excluding tert-OH is 1.